The molecule has 0 aliphatic carbocycles. The predicted octanol–water partition coefficient (Wildman–Crippen LogP) is 27.9. The molecule has 8 nitrogen and oxygen atoms in total. The average Bonchev–Trinajstić information content (AvgIpc) is 0.762. The lowest BCUT2D eigenvalue weighted by Crippen LogP contribution is -2.71. The van der Waals surface area contributed by atoms with Crippen molar-refractivity contribution in [2.75, 3.05) is 27.4 Å². The van der Waals surface area contributed by atoms with E-state index in [0.29, 0.717) is 0 Å². The van der Waals surface area contributed by atoms with Gasteiger partial charge in [-0.2, -0.15) is 0 Å². The van der Waals surface area contributed by atoms with E-state index in [0.717, 1.165) is 44.9 Å². The number of ether oxygens (including phenoxy) is 4. The van der Waals surface area contributed by atoms with E-state index in [1.807, 2.05) is 13.8 Å². The average molecular weight is 1320 g/mol. The van der Waals surface area contributed by atoms with Crippen LogP contribution in [0.4, 0.5) is 0 Å². The first-order valence-electron chi connectivity index (χ1n) is 40.2. The van der Waals surface area contributed by atoms with Gasteiger partial charge >= 0.3 is 20.3 Å². The van der Waals surface area contributed by atoms with Crippen LogP contribution in [0.5, 0.6) is 0 Å². The Hall–Kier alpha value is 0.187. The third-order valence-corrected chi connectivity index (χ3v) is 23.8. The highest BCUT2D eigenvalue weighted by Gasteiger charge is 2.70. The third kappa shape index (κ3) is 40.2. The van der Waals surface area contributed by atoms with Crippen LogP contribution in [-0.4, -0.2) is 65.0 Å². The third-order valence-electron chi connectivity index (χ3n) is 20.6. The summed E-state index contributed by atoms with van der Waals surface area (Å²) in [6.07, 6.45) is 70.4. The lowest BCUT2D eigenvalue weighted by atomic mass is 9.59. The number of halogens is 1. The van der Waals surface area contributed by atoms with E-state index in [2.05, 4.69) is 83.1 Å². The molecule has 0 rings (SSSR count). The molecule has 0 spiro atoms. The molecule has 542 valence electrons. The highest BCUT2D eigenvalue weighted by atomic mass is 35.5. The van der Waals surface area contributed by atoms with Crippen molar-refractivity contribution >= 4 is 20.6 Å². The van der Waals surface area contributed by atoms with Crippen LogP contribution < -0.4 is 0 Å². The molecule has 0 radical (unpaired) electrons. The van der Waals surface area contributed by atoms with E-state index >= 15 is 0 Å². The standard InChI is InChI=1S/C80H163ClO8Si/c1-17-24-29-34-38-42-46-47-48-49-50-51-55-59-63-68-73-78(72-67-62-58-54-45-41-37-32-27-20-4,88-90(86-74(8)9,87-76(13,14)75(10,11)12)89-80(84-22-6,85-23-7)79(81,82-15)83-16)77(69-64-33-28-21-5,70-65-60-56-52-43-39-35-30-25-18-2)71-66-61-57-53-44-40-36-31-26-19-3/h74H,17-73H2,1-16H3. The minimum absolute atomic E-state index is 0.187. The van der Waals surface area contributed by atoms with E-state index in [1.165, 1.54) is 322 Å². The molecule has 0 saturated heterocycles. The van der Waals surface area contributed by atoms with Gasteiger partial charge in [0.25, 0.3) is 0 Å². The Kier molecular flexibility index (Phi) is 57.2. The molecule has 0 heterocycles. The Morgan fingerprint density at radius 1 is 0.311 bits per heavy atom. The van der Waals surface area contributed by atoms with Crippen LogP contribution in [-0.2, 0) is 36.7 Å². The SMILES string of the molecule is CCCCCCCCCCCCCCCCCCC(CCCCCCCCCCCC)(O[Si](OC(C)C)(OC(C)(C)C(C)(C)C)OC(OCC)(OCC)C(Cl)(OC)OC)C(CCCCCC)(CCCCCCCCCCCC)CCCCCCCCCCCC. The van der Waals surface area contributed by atoms with Crippen LogP contribution in [0.15, 0.2) is 0 Å². The molecule has 0 aromatic heterocycles. The zero-order valence-electron chi connectivity index (χ0n) is 64.0. The molecule has 0 aromatic rings. The predicted molar refractivity (Wildman–Crippen MR) is 395 cm³/mol. The second kappa shape index (κ2) is 57.1. The Morgan fingerprint density at radius 2 is 0.544 bits per heavy atom. The number of alkyl halides is 1. The molecule has 2 unspecified atom stereocenters. The molecular weight excluding hydrogens is 1150 g/mol. The van der Waals surface area contributed by atoms with Crippen molar-refractivity contribution in [2.24, 2.45) is 10.8 Å². The molecule has 0 amide bonds. The van der Waals surface area contributed by atoms with Gasteiger partial charge in [0.2, 0.25) is 0 Å². The van der Waals surface area contributed by atoms with Crippen LogP contribution in [0.25, 0.3) is 0 Å². The van der Waals surface area contributed by atoms with Crippen molar-refractivity contribution in [3.63, 3.8) is 0 Å². The van der Waals surface area contributed by atoms with Crippen LogP contribution in [0.3, 0.4) is 0 Å². The van der Waals surface area contributed by atoms with E-state index < -0.39 is 31.5 Å². The topological polar surface area (TPSA) is 73.8 Å². The Morgan fingerprint density at radius 3 is 0.767 bits per heavy atom. The first kappa shape index (κ1) is 90.2. The molecule has 10 heteroatoms. The highest BCUT2D eigenvalue weighted by Crippen LogP contribution is 2.56. The van der Waals surface area contributed by atoms with Crippen molar-refractivity contribution < 1.29 is 36.7 Å². The molecule has 0 bridgehead atoms. The van der Waals surface area contributed by atoms with E-state index in [4.69, 9.17) is 48.3 Å². The zero-order chi connectivity index (χ0) is 67.0. The maximum atomic E-state index is 8.76. The van der Waals surface area contributed by atoms with Crippen molar-refractivity contribution in [1.29, 1.82) is 0 Å². The van der Waals surface area contributed by atoms with Gasteiger partial charge in [-0.25, -0.2) is 0 Å². The van der Waals surface area contributed by atoms with E-state index in [-0.39, 0.29) is 30.1 Å². The summed E-state index contributed by atoms with van der Waals surface area (Å²) >= 11 is 7.58. The van der Waals surface area contributed by atoms with Crippen molar-refractivity contribution in [3.05, 3.63) is 0 Å². The quantitative estimate of drug-likeness (QED) is 0.0258. The fraction of sp³-hybridized carbons (Fsp3) is 1.00. The molecule has 0 saturated carbocycles. The van der Waals surface area contributed by atoms with E-state index in [9.17, 15) is 0 Å². The maximum absolute atomic E-state index is 8.76. The van der Waals surface area contributed by atoms with Crippen LogP contribution in [0, 0.1) is 10.8 Å². The molecule has 90 heavy (non-hydrogen) atoms. The summed E-state index contributed by atoms with van der Waals surface area (Å²) in [6, 6.07) is 0. The summed E-state index contributed by atoms with van der Waals surface area (Å²) in [5, 5.41) is -2.05. The monoisotopic (exact) mass is 1320 g/mol. The molecule has 0 N–H and O–H groups in total. The van der Waals surface area contributed by atoms with Crippen molar-refractivity contribution in [3.8, 4) is 0 Å². The minimum atomic E-state index is -4.62. The van der Waals surface area contributed by atoms with Gasteiger partial charge < -0.3 is 32.2 Å². The first-order valence-corrected chi connectivity index (χ1v) is 42.2. The summed E-state index contributed by atoms with van der Waals surface area (Å²) in [5.41, 5.74) is -2.05. The highest BCUT2D eigenvalue weighted by molar-refractivity contribution is 6.54. The summed E-state index contributed by atoms with van der Waals surface area (Å²) in [7, 11) is -1.57. The number of methoxy groups -OCH3 is 2. The number of rotatable bonds is 71. The molecule has 0 fully saturated rings. The smallest absolute Gasteiger partial charge is 0.349 e. The van der Waals surface area contributed by atoms with Crippen molar-refractivity contribution in [2.45, 2.75) is 479 Å². The molecule has 0 aliphatic rings. The fourth-order valence-electron chi connectivity index (χ4n) is 13.9. The lowest BCUT2D eigenvalue weighted by Gasteiger charge is -2.56. The Labute approximate surface area is 571 Å². The van der Waals surface area contributed by atoms with Gasteiger partial charge in [0.1, 0.15) is 0 Å². The molecule has 0 aliphatic heterocycles. The lowest BCUT2D eigenvalue weighted by molar-refractivity contribution is -0.456. The van der Waals surface area contributed by atoms with Gasteiger partial charge in [-0.15, -0.1) is 0 Å². The van der Waals surface area contributed by atoms with E-state index in [1.54, 1.807) is 0 Å². The summed E-state index contributed by atoms with van der Waals surface area (Å²) in [5.74, 6) is -2.13. The van der Waals surface area contributed by atoms with Gasteiger partial charge in [-0.3, -0.25) is 4.43 Å². The molecule has 0 aromatic carbocycles. The van der Waals surface area contributed by atoms with Crippen LogP contribution in [0.2, 0.25) is 0 Å². The molecular formula is C80H163ClO8Si. The van der Waals surface area contributed by atoms with Gasteiger partial charge in [-0.05, 0) is 96.1 Å². The summed E-state index contributed by atoms with van der Waals surface area (Å²) < 4.78 is 57.8. The zero-order valence-corrected chi connectivity index (χ0v) is 65.8. The Balaban J connectivity index is 8.51. The summed E-state index contributed by atoms with van der Waals surface area (Å²) in [4.78, 5) is 0. The first-order chi connectivity index (χ1) is 43.3. The largest absolute Gasteiger partial charge is 0.685 e. The maximum Gasteiger partial charge on any atom is 0.685 e. The second-order valence-corrected chi connectivity index (χ2v) is 32.4. The van der Waals surface area contributed by atoms with Crippen LogP contribution >= 0.6 is 11.6 Å². The van der Waals surface area contributed by atoms with Gasteiger partial charge in [0, 0.05) is 33.5 Å². The Bertz CT molecular complexity index is 1490. The second-order valence-electron chi connectivity index (χ2n) is 30.0. The molecule has 2 atom stereocenters. The normalized spacial score (nSPS) is 14.3. The minimum Gasteiger partial charge on any atom is -0.349 e. The van der Waals surface area contributed by atoms with Gasteiger partial charge in [-0.1, -0.05) is 376 Å². The summed E-state index contributed by atoms with van der Waals surface area (Å²) in [6.45, 7) is 31.2. The number of hydrogen-bond acceptors (Lipinski definition) is 8. The number of hydrogen-bond donors (Lipinski definition) is 0. The fourth-order valence-corrected chi connectivity index (χ4v) is 17.4. The van der Waals surface area contributed by atoms with Gasteiger partial charge in [0.15, 0.2) is 0 Å². The number of unbranched alkanes of at least 4 members (excludes halogenated alkanes) is 45. The van der Waals surface area contributed by atoms with Gasteiger partial charge in [0.05, 0.1) is 11.2 Å². The van der Waals surface area contributed by atoms with Crippen LogP contribution in [0.1, 0.15) is 450 Å². The van der Waals surface area contributed by atoms with Crippen molar-refractivity contribution in [1.82, 2.24) is 0 Å².